The maximum absolute atomic E-state index is 12.4. The predicted octanol–water partition coefficient (Wildman–Crippen LogP) is 2.33. The molecule has 144 valence electrons. The lowest BCUT2D eigenvalue weighted by Crippen LogP contribution is -2.15. The molecule has 3 rings (SSSR count). The average Bonchev–Trinajstić information content (AvgIpc) is 2.61. The minimum atomic E-state index is -3.87. The van der Waals surface area contributed by atoms with Gasteiger partial charge in [0.1, 0.15) is 5.82 Å². The molecule has 5 N–H and O–H groups in total. The Kier molecular flexibility index (Phi) is 5.28. The zero-order chi connectivity index (χ0) is 20.3. The molecule has 3 aromatic rings. The first kappa shape index (κ1) is 19.3. The summed E-state index contributed by atoms with van der Waals surface area (Å²) in [6.45, 7) is 1.72. The highest BCUT2D eigenvalue weighted by Gasteiger charge is 2.15. The molecular weight excluding hydrogens is 404 g/mol. The third kappa shape index (κ3) is 4.44. The number of H-pyrrole nitrogens is 2. The normalized spacial score (nSPS) is 11.6. The van der Waals surface area contributed by atoms with E-state index in [-0.39, 0.29) is 27.1 Å². The molecule has 0 amide bonds. The van der Waals surface area contributed by atoms with Gasteiger partial charge in [-0.3, -0.25) is 9.78 Å². The summed E-state index contributed by atoms with van der Waals surface area (Å²) in [5, 5.41) is 7.66. The lowest BCUT2D eigenvalue weighted by molar-refractivity contribution is 0.601. The molecule has 0 spiro atoms. The van der Waals surface area contributed by atoms with Crippen molar-refractivity contribution in [3.05, 3.63) is 57.3 Å². The zero-order valence-electron chi connectivity index (χ0n) is 14.4. The van der Waals surface area contributed by atoms with E-state index < -0.39 is 15.6 Å². The van der Waals surface area contributed by atoms with E-state index in [9.17, 15) is 13.2 Å². The van der Waals surface area contributed by atoms with E-state index in [1.807, 2.05) is 0 Å². The van der Waals surface area contributed by atoms with E-state index in [2.05, 4.69) is 34.9 Å². The Bertz CT molecular complexity index is 1260. The molecule has 0 fully saturated rings. The van der Waals surface area contributed by atoms with Crippen molar-refractivity contribution in [2.45, 2.75) is 11.8 Å². The number of nitrogens with two attached hydrogens (primary N) is 1. The van der Waals surface area contributed by atoms with Crippen LogP contribution in [0.25, 0.3) is 0 Å². The number of aryl methyl sites for hydroxylation is 1. The SMILES string of the molecule is Cc1ccnc(NS(=O)(=O)c2ccc(N=Nc3c(N)[nH]c(=S)[nH]c3=O)cc2)n1. The monoisotopic (exact) mass is 418 g/mol. The zero-order valence-corrected chi connectivity index (χ0v) is 16.0. The van der Waals surface area contributed by atoms with Crippen LogP contribution in [0, 0.1) is 11.7 Å². The summed E-state index contributed by atoms with van der Waals surface area (Å²) < 4.78 is 27.2. The number of nitrogens with one attached hydrogen (secondary N) is 3. The van der Waals surface area contributed by atoms with Crippen molar-refractivity contribution in [2.75, 3.05) is 10.5 Å². The smallest absolute Gasteiger partial charge is 0.281 e. The molecule has 1 aromatic carbocycles. The summed E-state index contributed by atoms with van der Waals surface area (Å²) in [6.07, 6.45) is 1.45. The predicted molar refractivity (Wildman–Crippen MR) is 105 cm³/mol. The van der Waals surface area contributed by atoms with Crippen LogP contribution in [-0.4, -0.2) is 28.4 Å². The van der Waals surface area contributed by atoms with Gasteiger partial charge in [-0.05, 0) is 49.5 Å². The van der Waals surface area contributed by atoms with E-state index in [0.29, 0.717) is 11.4 Å². The number of benzene rings is 1. The van der Waals surface area contributed by atoms with Crippen molar-refractivity contribution in [1.82, 2.24) is 19.9 Å². The molecule has 28 heavy (non-hydrogen) atoms. The molecule has 0 radical (unpaired) electrons. The van der Waals surface area contributed by atoms with Crippen molar-refractivity contribution >= 4 is 45.4 Å². The standard InChI is InChI=1S/C15H14N8O3S2/c1-8-6-7-17-14(18-8)23-28(25,26)10-4-2-9(3-5-10)21-22-11-12(16)19-15(27)20-13(11)24/h2-7H,1H3,(H,17,18,23)(H4,16,19,20,24,27). The van der Waals surface area contributed by atoms with Crippen molar-refractivity contribution in [3.8, 4) is 0 Å². The number of rotatable bonds is 5. The second kappa shape index (κ2) is 7.66. The van der Waals surface area contributed by atoms with Gasteiger partial charge in [-0.2, -0.15) is 5.11 Å². The number of hydrogen-bond donors (Lipinski definition) is 4. The van der Waals surface area contributed by atoms with E-state index in [1.54, 1.807) is 13.0 Å². The lowest BCUT2D eigenvalue weighted by Gasteiger charge is -2.06. The van der Waals surface area contributed by atoms with Gasteiger partial charge >= 0.3 is 0 Å². The van der Waals surface area contributed by atoms with Gasteiger partial charge in [0, 0.05) is 11.9 Å². The number of sulfonamides is 1. The summed E-state index contributed by atoms with van der Waals surface area (Å²) in [7, 11) is -3.87. The minimum Gasteiger partial charge on any atom is -0.383 e. The van der Waals surface area contributed by atoms with Crippen molar-refractivity contribution in [2.24, 2.45) is 10.2 Å². The Labute approximate surface area is 163 Å². The number of aromatic nitrogens is 4. The topological polar surface area (TPSA) is 171 Å². The van der Waals surface area contributed by atoms with E-state index in [1.165, 1.54) is 30.5 Å². The van der Waals surface area contributed by atoms with Gasteiger partial charge in [-0.25, -0.2) is 23.1 Å². The quantitative estimate of drug-likeness (QED) is 0.363. The first-order valence-electron chi connectivity index (χ1n) is 7.71. The second-order valence-electron chi connectivity index (χ2n) is 5.49. The van der Waals surface area contributed by atoms with E-state index in [0.717, 1.165) is 0 Å². The number of nitrogen functional groups attached to an aromatic ring is 1. The maximum Gasteiger partial charge on any atom is 0.281 e. The van der Waals surface area contributed by atoms with Gasteiger partial charge in [0.25, 0.3) is 15.6 Å². The van der Waals surface area contributed by atoms with Crippen LogP contribution in [0.2, 0.25) is 0 Å². The van der Waals surface area contributed by atoms with Crippen molar-refractivity contribution in [3.63, 3.8) is 0 Å². The van der Waals surface area contributed by atoms with Crippen LogP contribution < -0.4 is 16.0 Å². The Hall–Kier alpha value is -3.45. The van der Waals surface area contributed by atoms with Gasteiger partial charge in [-0.1, -0.05) is 0 Å². The molecule has 0 aliphatic heterocycles. The number of azo groups is 1. The molecule has 11 nitrogen and oxygen atoms in total. The fraction of sp³-hybridized carbons (Fsp3) is 0.0667. The Morgan fingerprint density at radius 3 is 2.50 bits per heavy atom. The highest BCUT2D eigenvalue weighted by atomic mass is 32.2. The summed E-state index contributed by atoms with van der Waals surface area (Å²) in [6, 6.07) is 7.15. The number of nitrogens with zero attached hydrogens (tertiary/aromatic N) is 4. The molecule has 0 saturated carbocycles. The van der Waals surface area contributed by atoms with Crippen LogP contribution in [-0.2, 0) is 10.0 Å². The molecule has 13 heteroatoms. The highest BCUT2D eigenvalue weighted by Crippen LogP contribution is 2.21. The third-order valence-electron chi connectivity index (χ3n) is 3.38. The van der Waals surface area contributed by atoms with Crippen LogP contribution in [0.1, 0.15) is 5.69 Å². The van der Waals surface area contributed by atoms with Crippen LogP contribution in [0.15, 0.2) is 56.4 Å². The number of aromatic amines is 2. The highest BCUT2D eigenvalue weighted by molar-refractivity contribution is 7.92. The molecule has 0 unspecified atom stereocenters. The summed E-state index contributed by atoms with van der Waals surface area (Å²) in [5.74, 6) is -0.0565. The molecule has 2 aromatic heterocycles. The minimum absolute atomic E-state index is 0.0160. The fourth-order valence-corrected chi connectivity index (χ4v) is 3.23. The fourth-order valence-electron chi connectivity index (χ4n) is 2.07. The summed E-state index contributed by atoms with van der Waals surface area (Å²) >= 11 is 4.79. The molecule has 0 saturated heterocycles. The lowest BCUT2D eigenvalue weighted by atomic mass is 10.3. The van der Waals surface area contributed by atoms with Crippen molar-refractivity contribution < 1.29 is 8.42 Å². The largest absolute Gasteiger partial charge is 0.383 e. The molecule has 2 heterocycles. The Morgan fingerprint density at radius 1 is 1.14 bits per heavy atom. The first-order valence-corrected chi connectivity index (χ1v) is 9.60. The van der Waals surface area contributed by atoms with Crippen molar-refractivity contribution in [1.29, 1.82) is 0 Å². The molecule has 0 atom stereocenters. The Morgan fingerprint density at radius 2 is 1.86 bits per heavy atom. The molecular formula is C15H14N8O3S2. The third-order valence-corrected chi connectivity index (χ3v) is 4.93. The first-order chi connectivity index (χ1) is 13.2. The molecule has 0 aliphatic carbocycles. The van der Waals surface area contributed by atoms with E-state index in [4.69, 9.17) is 18.0 Å². The van der Waals surface area contributed by atoms with Crippen LogP contribution in [0.3, 0.4) is 0 Å². The maximum atomic E-state index is 12.4. The van der Waals surface area contributed by atoms with E-state index >= 15 is 0 Å². The van der Waals surface area contributed by atoms with Gasteiger partial charge in [0.2, 0.25) is 5.95 Å². The van der Waals surface area contributed by atoms with Crippen LogP contribution >= 0.6 is 12.2 Å². The summed E-state index contributed by atoms with van der Waals surface area (Å²) in [5.41, 5.74) is 5.87. The number of hydrogen-bond acceptors (Lipinski definition) is 9. The molecule has 0 bridgehead atoms. The molecule has 0 aliphatic rings. The van der Waals surface area contributed by atoms with Gasteiger partial charge < -0.3 is 10.7 Å². The Balaban J connectivity index is 1.82. The second-order valence-corrected chi connectivity index (χ2v) is 7.58. The van der Waals surface area contributed by atoms with Gasteiger partial charge in [0.15, 0.2) is 10.5 Å². The average molecular weight is 418 g/mol. The van der Waals surface area contributed by atoms with Crippen LogP contribution in [0.4, 0.5) is 23.1 Å². The van der Waals surface area contributed by atoms with Gasteiger partial charge in [-0.15, -0.1) is 5.11 Å². The van der Waals surface area contributed by atoms with Crippen LogP contribution in [0.5, 0.6) is 0 Å². The van der Waals surface area contributed by atoms with Gasteiger partial charge in [0.05, 0.1) is 10.6 Å². The number of anilines is 2. The summed E-state index contributed by atoms with van der Waals surface area (Å²) in [4.78, 5) is 24.5.